The Bertz CT molecular complexity index is 533. The molecule has 2 atom stereocenters. The lowest BCUT2D eigenvalue weighted by molar-refractivity contribution is 0.552. The molecule has 0 spiro atoms. The molecule has 0 heterocycles. The summed E-state index contributed by atoms with van der Waals surface area (Å²) < 4.78 is 27.4. The molecular weight excluding hydrogens is 302 g/mol. The van der Waals surface area contributed by atoms with Crippen molar-refractivity contribution in [3.63, 3.8) is 0 Å². The third-order valence-electron chi connectivity index (χ3n) is 3.40. The van der Waals surface area contributed by atoms with Gasteiger partial charge in [0.25, 0.3) is 0 Å². The van der Waals surface area contributed by atoms with Gasteiger partial charge in [-0.3, -0.25) is 0 Å². The number of hydrogen-bond acceptors (Lipinski definition) is 3. The number of hydrogen-bond donors (Lipinski definition) is 1. The van der Waals surface area contributed by atoms with Crippen LogP contribution in [-0.2, 0) is 15.9 Å². The summed E-state index contributed by atoms with van der Waals surface area (Å²) in [5.41, 5.74) is 0.818. The van der Waals surface area contributed by atoms with Crippen LogP contribution in [0.5, 0.6) is 0 Å². The smallest absolute Gasteiger partial charge is 0.208 e. The highest BCUT2D eigenvalue weighted by molar-refractivity contribution is 7.99. The monoisotopic (exact) mass is 319 g/mol. The van der Waals surface area contributed by atoms with Gasteiger partial charge in [-0.15, -0.1) is 11.6 Å². The van der Waals surface area contributed by atoms with Gasteiger partial charge in [-0.1, -0.05) is 12.1 Å². The van der Waals surface area contributed by atoms with Crippen molar-refractivity contribution in [2.75, 3.05) is 6.26 Å². The summed E-state index contributed by atoms with van der Waals surface area (Å²) in [6.07, 6.45) is 4.98. The summed E-state index contributed by atoms with van der Waals surface area (Å²) in [4.78, 5) is 0.304. The molecule has 19 heavy (non-hydrogen) atoms. The van der Waals surface area contributed by atoms with Crippen molar-refractivity contribution in [2.24, 2.45) is 0 Å². The predicted octanol–water partition coefficient (Wildman–Crippen LogP) is 2.99. The third-order valence-corrected chi connectivity index (χ3v) is 6.32. The van der Waals surface area contributed by atoms with Crippen molar-refractivity contribution in [1.29, 1.82) is 0 Å². The van der Waals surface area contributed by atoms with Gasteiger partial charge in [0.05, 0.1) is 4.90 Å². The van der Waals surface area contributed by atoms with Crippen molar-refractivity contribution in [3.8, 4) is 0 Å². The lowest BCUT2D eigenvalue weighted by atomic mass is 10.2. The normalized spacial score (nSPS) is 23.7. The average Bonchev–Trinajstić information content (AvgIpc) is 2.85. The highest BCUT2D eigenvalue weighted by Crippen LogP contribution is 2.29. The Morgan fingerprint density at radius 2 is 2.21 bits per heavy atom. The zero-order valence-electron chi connectivity index (χ0n) is 10.8. The van der Waals surface area contributed by atoms with Gasteiger partial charge in [0.2, 0.25) is 10.0 Å². The van der Waals surface area contributed by atoms with E-state index in [4.69, 9.17) is 11.6 Å². The number of benzene rings is 1. The maximum absolute atomic E-state index is 12.3. The summed E-state index contributed by atoms with van der Waals surface area (Å²) in [6.45, 7) is 0. The van der Waals surface area contributed by atoms with E-state index in [0.29, 0.717) is 16.0 Å². The Hall–Kier alpha value is -0.230. The number of sulfonamides is 1. The van der Waals surface area contributed by atoms with E-state index in [1.54, 1.807) is 18.2 Å². The SMILES string of the molecule is CSC1CCC(NS(=O)(=O)c2cccc(CCl)c2)C1. The number of rotatable bonds is 5. The topological polar surface area (TPSA) is 46.2 Å². The van der Waals surface area contributed by atoms with Crippen LogP contribution in [-0.4, -0.2) is 26.0 Å². The van der Waals surface area contributed by atoms with E-state index in [1.165, 1.54) is 0 Å². The first-order valence-electron chi connectivity index (χ1n) is 6.25. The quantitative estimate of drug-likeness (QED) is 0.849. The molecule has 1 aliphatic rings. The van der Waals surface area contributed by atoms with Crippen LogP contribution < -0.4 is 4.72 Å². The van der Waals surface area contributed by atoms with E-state index in [1.807, 2.05) is 17.8 Å². The van der Waals surface area contributed by atoms with Gasteiger partial charge >= 0.3 is 0 Å². The fraction of sp³-hybridized carbons (Fsp3) is 0.538. The van der Waals surface area contributed by atoms with Crippen LogP contribution in [0.15, 0.2) is 29.2 Å². The summed E-state index contributed by atoms with van der Waals surface area (Å²) >= 11 is 7.55. The maximum atomic E-state index is 12.3. The first-order chi connectivity index (χ1) is 9.05. The van der Waals surface area contributed by atoms with Gasteiger partial charge < -0.3 is 0 Å². The molecule has 1 fully saturated rings. The molecule has 0 amide bonds. The maximum Gasteiger partial charge on any atom is 0.240 e. The number of halogens is 1. The largest absolute Gasteiger partial charge is 0.240 e. The van der Waals surface area contributed by atoms with Crippen molar-refractivity contribution in [3.05, 3.63) is 29.8 Å². The molecular formula is C13H18ClNO2S2. The molecule has 2 rings (SSSR count). The number of thioether (sulfide) groups is 1. The standard InChI is InChI=1S/C13H18ClNO2S2/c1-18-12-6-5-11(8-12)15-19(16,17)13-4-2-3-10(7-13)9-14/h2-4,7,11-12,15H,5-6,8-9H2,1H3. The van der Waals surface area contributed by atoms with Crippen LogP contribution >= 0.6 is 23.4 Å². The summed E-state index contributed by atoms with van der Waals surface area (Å²) in [5, 5.41) is 0.571. The number of alkyl halides is 1. The Morgan fingerprint density at radius 3 is 2.84 bits per heavy atom. The van der Waals surface area contributed by atoms with Crippen LogP contribution in [0.2, 0.25) is 0 Å². The molecule has 2 unspecified atom stereocenters. The summed E-state index contributed by atoms with van der Waals surface area (Å²) in [6, 6.07) is 6.86. The van der Waals surface area contributed by atoms with Gasteiger partial charge in [-0.05, 0) is 43.2 Å². The second-order valence-electron chi connectivity index (χ2n) is 4.77. The van der Waals surface area contributed by atoms with Crippen molar-refractivity contribution >= 4 is 33.4 Å². The zero-order valence-corrected chi connectivity index (χ0v) is 13.2. The van der Waals surface area contributed by atoms with Crippen LogP contribution in [0.3, 0.4) is 0 Å². The molecule has 1 N–H and O–H groups in total. The molecule has 0 radical (unpaired) electrons. The number of nitrogens with one attached hydrogen (secondary N) is 1. The van der Waals surface area contributed by atoms with Crippen LogP contribution in [0.4, 0.5) is 0 Å². The van der Waals surface area contributed by atoms with Gasteiger partial charge in [-0.25, -0.2) is 13.1 Å². The van der Waals surface area contributed by atoms with E-state index >= 15 is 0 Å². The average molecular weight is 320 g/mol. The second kappa shape index (κ2) is 6.48. The van der Waals surface area contributed by atoms with Crippen molar-refractivity contribution in [2.45, 2.75) is 41.3 Å². The molecule has 0 aromatic heterocycles. The van der Waals surface area contributed by atoms with E-state index in [2.05, 4.69) is 11.0 Å². The van der Waals surface area contributed by atoms with E-state index < -0.39 is 10.0 Å². The lowest BCUT2D eigenvalue weighted by Gasteiger charge is -2.13. The molecule has 1 aromatic rings. The third kappa shape index (κ3) is 3.88. The molecule has 106 valence electrons. The van der Waals surface area contributed by atoms with Crippen LogP contribution in [0, 0.1) is 0 Å². The van der Waals surface area contributed by atoms with E-state index in [0.717, 1.165) is 24.8 Å². The molecule has 1 saturated carbocycles. The zero-order chi connectivity index (χ0) is 13.9. The first kappa shape index (κ1) is 15.2. The minimum atomic E-state index is -3.43. The van der Waals surface area contributed by atoms with Gasteiger partial charge in [0.1, 0.15) is 0 Å². The fourth-order valence-electron chi connectivity index (χ4n) is 2.34. The van der Waals surface area contributed by atoms with Crippen molar-refractivity contribution in [1.82, 2.24) is 4.72 Å². The fourth-order valence-corrected chi connectivity index (χ4v) is 4.66. The van der Waals surface area contributed by atoms with E-state index in [9.17, 15) is 8.42 Å². The highest BCUT2D eigenvalue weighted by Gasteiger charge is 2.28. The highest BCUT2D eigenvalue weighted by atomic mass is 35.5. The molecule has 0 saturated heterocycles. The predicted molar refractivity (Wildman–Crippen MR) is 81.3 cm³/mol. The first-order valence-corrected chi connectivity index (χ1v) is 9.55. The Kier molecular flexibility index (Phi) is 5.17. The minimum Gasteiger partial charge on any atom is -0.208 e. The summed E-state index contributed by atoms with van der Waals surface area (Å²) in [5.74, 6) is 0.321. The molecule has 0 bridgehead atoms. The Balaban J connectivity index is 2.10. The molecule has 0 aliphatic heterocycles. The lowest BCUT2D eigenvalue weighted by Crippen LogP contribution is -2.33. The van der Waals surface area contributed by atoms with Gasteiger partial charge in [-0.2, -0.15) is 11.8 Å². The minimum absolute atomic E-state index is 0.0575. The van der Waals surface area contributed by atoms with Crippen molar-refractivity contribution < 1.29 is 8.42 Å². The molecule has 1 aromatic carbocycles. The van der Waals surface area contributed by atoms with Gasteiger partial charge in [0, 0.05) is 17.2 Å². The summed E-state index contributed by atoms with van der Waals surface area (Å²) in [7, 11) is -3.43. The van der Waals surface area contributed by atoms with E-state index in [-0.39, 0.29) is 6.04 Å². The van der Waals surface area contributed by atoms with Crippen LogP contribution in [0.25, 0.3) is 0 Å². The molecule has 6 heteroatoms. The van der Waals surface area contributed by atoms with Gasteiger partial charge in [0.15, 0.2) is 0 Å². The second-order valence-corrected chi connectivity index (χ2v) is 7.89. The molecule has 3 nitrogen and oxygen atoms in total. The molecule has 1 aliphatic carbocycles. The van der Waals surface area contributed by atoms with Crippen LogP contribution in [0.1, 0.15) is 24.8 Å². The Labute approximate surface area is 124 Å². The Morgan fingerprint density at radius 1 is 1.42 bits per heavy atom.